The molecule has 4 fully saturated rings. The predicted molar refractivity (Wildman–Crippen MR) is 138 cm³/mol. The summed E-state index contributed by atoms with van der Waals surface area (Å²) in [4.78, 5) is 36.8. The van der Waals surface area contributed by atoms with Crippen molar-refractivity contribution < 1.29 is 9.59 Å². The molecule has 2 atom stereocenters. The lowest BCUT2D eigenvalue weighted by Crippen LogP contribution is -2.63. The Morgan fingerprint density at radius 1 is 0.882 bits per heavy atom. The van der Waals surface area contributed by atoms with Crippen LogP contribution in [0.3, 0.4) is 0 Å². The van der Waals surface area contributed by atoms with E-state index in [9.17, 15) is 9.59 Å². The molecule has 0 unspecified atom stereocenters. The van der Waals surface area contributed by atoms with Gasteiger partial charge in [0.2, 0.25) is 11.8 Å². The van der Waals surface area contributed by atoms with Crippen molar-refractivity contribution in [2.24, 2.45) is 17.8 Å². The summed E-state index contributed by atoms with van der Waals surface area (Å²) in [5.41, 5.74) is 0. The highest BCUT2D eigenvalue weighted by Gasteiger charge is 2.45. The predicted octanol–water partition coefficient (Wildman–Crippen LogP) is 3.85. The van der Waals surface area contributed by atoms with E-state index in [0.29, 0.717) is 24.4 Å². The summed E-state index contributed by atoms with van der Waals surface area (Å²) in [6.45, 7) is 15.9. The van der Waals surface area contributed by atoms with Crippen LogP contribution in [0, 0.1) is 17.8 Å². The smallest absolute Gasteiger partial charge is 0.245 e. The minimum atomic E-state index is -0.287. The van der Waals surface area contributed by atoms with Crippen LogP contribution in [0.2, 0.25) is 0 Å². The van der Waals surface area contributed by atoms with Gasteiger partial charge in [-0.15, -0.1) is 0 Å². The van der Waals surface area contributed by atoms with Crippen molar-refractivity contribution in [2.45, 2.75) is 104 Å². The fraction of sp³-hybridized carbons (Fsp3) is 0.929. The van der Waals surface area contributed by atoms with Gasteiger partial charge >= 0.3 is 0 Å². The summed E-state index contributed by atoms with van der Waals surface area (Å²) >= 11 is 0. The molecular formula is C28H50N4O2. The molecule has 0 bridgehead atoms. The number of carbonyl (C=O) groups is 2. The van der Waals surface area contributed by atoms with Gasteiger partial charge < -0.3 is 14.7 Å². The normalized spacial score (nSPS) is 26.8. The van der Waals surface area contributed by atoms with Crippen LogP contribution in [0.5, 0.6) is 0 Å². The van der Waals surface area contributed by atoms with E-state index < -0.39 is 0 Å². The number of piperidine rings is 1. The Hall–Kier alpha value is -1.14. The largest absolute Gasteiger partial charge is 0.341 e. The van der Waals surface area contributed by atoms with Gasteiger partial charge in [-0.1, -0.05) is 27.7 Å². The maximum atomic E-state index is 13.8. The van der Waals surface area contributed by atoms with Crippen LogP contribution in [0.1, 0.15) is 85.5 Å². The van der Waals surface area contributed by atoms with Gasteiger partial charge in [-0.3, -0.25) is 14.5 Å². The zero-order chi connectivity index (χ0) is 24.2. The SMILES string of the molecule is CC(C)C[C@@H](C(=O)N1CCC(CCN2CCCC2)CC1)N1CCN(C2CC2)[C@@H](CC(C)C)C1=O. The van der Waals surface area contributed by atoms with Gasteiger partial charge in [0.25, 0.3) is 0 Å². The summed E-state index contributed by atoms with van der Waals surface area (Å²) < 4.78 is 0. The molecule has 1 saturated carbocycles. The standard InChI is InChI=1S/C28H50N4O2/c1-21(2)19-25(32-18-17-31(24-7-8-24)26(28(32)34)20-22(3)4)27(33)30-15-10-23(11-16-30)9-14-29-12-5-6-13-29/h21-26H,5-20H2,1-4H3/t25-,26-/m0/s1. The van der Waals surface area contributed by atoms with Crippen molar-refractivity contribution in [3.05, 3.63) is 0 Å². The third kappa shape index (κ3) is 6.54. The van der Waals surface area contributed by atoms with E-state index in [1.165, 1.54) is 51.7 Å². The average molecular weight is 475 g/mol. The van der Waals surface area contributed by atoms with Crippen LogP contribution >= 0.6 is 0 Å². The van der Waals surface area contributed by atoms with E-state index in [1.807, 2.05) is 4.90 Å². The van der Waals surface area contributed by atoms with Crippen LogP contribution < -0.4 is 0 Å². The maximum Gasteiger partial charge on any atom is 0.245 e. The van der Waals surface area contributed by atoms with E-state index in [0.717, 1.165) is 51.2 Å². The van der Waals surface area contributed by atoms with Crippen LogP contribution in [0.15, 0.2) is 0 Å². The number of nitrogens with zero attached hydrogens (tertiary/aromatic N) is 4. The third-order valence-electron chi connectivity index (χ3n) is 8.61. The molecular weight excluding hydrogens is 424 g/mol. The third-order valence-corrected chi connectivity index (χ3v) is 8.61. The average Bonchev–Trinajstić information content (AvgIpc) is 3.51. The first-order valence-corrected chi connectivity index (χ1v) is 14.4. The number of rotatable bonds is 10. The number of hydrogen-bond acceptors (Lipinski definition) is 4. The van der Waals surface area contributed by atoms with Crippen LogP contribution in [0.4, 0.5) is 0 Å². The van der Waals surface area contributed by atoms with Gasteiger partial charge in [0.05, 0.1) is 6.04 Å². The lowest BCUT2D eigenvalue weighted by molar-refractivity contribution is -0.155. The topological polar surface area (TPSA) is 47.1 Å². The summed E-state index contributed by atoms with van der Waals surface area (Å²) in [5, 5.41) is 0. The molecule has 0 radical (unpaired) electrons. The Kier molecular flexibility index (Phi) is 8.95. The molecule has 2 amide bonds. The van der Waals surface area contributed by atoms with Gasteiger partial charge in [0.15, 0.2) is 0 Å². The van der Waals surface area contributed by atoms with Crippen molar-refractivity contribution >= 4 is 11.8 Å². The van der Waals surface area contributed by atoms with E-state index in [2.05, 4.69) is 42.4 Å². The Bertz CT molecular complexity index is 678. The van der Waals surface area contributed by atoms with Crippen molar-refractivity contribution in [1.82, 2.24) is 19.6 Å². The molecule has 4 aliphatic rings. The molecule has 34 heavy (non-hydrogen) atoms. The van der Waals surface area contributed by atoms with Gasteiger partial charge in [-0.05, 0) is 95.2 Å². The second-order valence-electron chi connectivity index (χ2n) is 12.4. The maximum absolute atomic E-state index is 13.8. The lowest BCUT2D eigenvalue weighted by atomic mass is 9.91. The van der Waals surface area contributed by atoms with Crippen molar-refractivity contribution in [3.8, 4) is 0 Å². The molecule has 0 aromatic heterocycles. The molecule has 3 saturated heterocycles. The van der Waals surface area contributed by atoms with Crippen LogP contribution in [-0.4, -0.2) is 95.4 Å². The molecule has 6 nitrogen and oxygen atoms in total. The summed E-state index contributed by atoms with van der Waals surface area (Å²) in [5.74, 6) is 2.04. The Morgan fingerprint density at radius 3 is 2.15 bits per heavy atom. The number of hydrogen-bond donors (Lipinski definition) is 0. The molecule has 4 rings (SSSR count). The fourth-order valence-electron chi connectivity index (χ4n) is 6.49. The second-order valence-corrected chi connectivity index (χ2v) is 12.4. The highest BCUT2D eigenvalue weighted by Crippen LogP contribution is 2.34. The van der Waals surface area contributed by atoms with E-state index in [1.54, 1.807) is 0 Å². The molecule has 1 aliphatic carbocycles. The summed E-state index contributed by atoms with van der Waals surface area (Å²) in [6.07, 6.45) is 10.3. The zero-order valence-corrected chi connectivity index (χ0v) is 22.4. The molecule has 0 N–H and O–H groups in total. The molecule has 6 heteroatoms. The summed E-state index contributed by atoms with van der Waals surface area (Å²) in [6, 6.07) is 0.262. The molecule has 3 aliphatic heterocycles. The molecule has 3 heterocycles. The van der Waals surface area contributed by atoms with E-state index in [-0.39, 0.29) is 23.9 Å². The number of piperazine rings is 1. The van der Waals surface area contributed by atoms with Crippen LogP contribution in [0.25, 0.3) is 0 Å². The first kappa shape index (κ1) is 25.9. The number of amides is 2. The summed E-state index contributed by atoms with van der Waals surface area (Å²) in [7, 11) is 0. The van der Waals surface area contributed by atoms with Gasteiger partial charge in [0.1, 0.15) is 6.04 Å². The van der Waals surface area contributed by atoms with Gasteiger partial charge in [-0.2, -0.15) is 0 Å². The van der Waals surface area contributed by atoms with Gasteiger partial charge in [0, 0.05) is 32.2 Å². The molecule has 0 aromatic rings. The Balaban J connectivity index is 1.37. The minimum absolute atomic E-state index is 0.0416. The van der Waals surface area contributed by atoms with Crippen molar-refractivity contribution in [1.29, 1.82) is 0 Å². The Labute approximate surface area is 208 Å². The highest BCUT2D eigenvalue weighted by molar-refractivity contribution is 5.90. The number of likely N-dealkylation sites (tertiary alicyclic amines) is 2. The first-order chi connectivity index (χ1) is 16.3. The van der Waals surface area contributed by atoms with Crippen LogP contribution in [-0.2, 0) is 9.59 Å². The molecule has 0 spiro atoms. The Morgan fingerprint density at radius 2 is 1.56 bits per heavy atom. The lowest BCUT2D eigenvalue weighted by Gasteiger charge is -2.46. The van der Waals surface area contributed by atoms with E-state index >= 15 is 0 Å². The molecule has 194 valence electrons. The van der Waals surface area contributed by atoms with Crippen molar-refractivity contribution in [3.63, 3.8) is 0 Å². The quantitative estimate of drug-likeness (QED) is 0.483. The zero-order valence-electron chi connectivity index (χ0n) is 22.4. The minimum Gasteiger partial charge on any atom is -0.341 e. The monoisotopic (exact) mass is 474 g/mol. The molecule has 0 aromatic carbocycles. The fourth-order valence-corrected chi connectivity index (χ4v) is 6.49. The van der Waals surface area contributed by atoms with E-state index in [4.69, 9.17) is 0 Å². The first-order valence-electron chi connectivity index (χ1n) is 14.4. The van der Waals surface area contributed by atoms with Crippen molar-refractivity contribution in [2.75, 3.05) is 45.8 Å². The highest BCUT2D eigenvalue weighted by atomic mass is 16.2. The number of carbonyl (C=O) groups excluding carboxylic acids is 2. The second kappa shape index (κ2) is 11.7. The van der Waals surface area contributed by atoms with Gasteiger partial charge in [-0.25, -0.2) is 0 Å².